The normalized spacial score (nSPS) is 11.4. The number of phenolic OH excluding ortho intramolecular Hbond substituents is 1. The molecule has 146 valence electrons. The van der Waals surface area contributed by atoms with Crippen LogP contribution in [0.1, 0.15) is 0 Å². The molecule has 10 heteroatoms. The highest BCUT2D eigenvalue weighted by atomic mass is 35.5. The van der Waals surface area contributed by atoms with Crippen LogP contribution in [0.3, 0.4) is 0 Å². The molecule has 0 aliphatic rings. The number of anilines is 1. The van der Waals surface area contributed by atoms with Crippen LogP contribution in [-0.2, 0) is 10.0 Å². The van der Waals surface area contributed by atoms with Crippen LogP contribution in [0.4, 0.5) is 10.1 Å². The molecule has 0 aliphatic carbocycles. The highest BCUT2D eigenvalue weighted by Gasteiger charge is 2.20. The van der Waals surface area contributed by atoms with E-state index in [0.717, 1.165) is 18.2 Å². The first-order chi connectivity index (χ1) is 13.1. The van der Waals surface area contributed by atoms with Gasteiger partial charge in [0, 0.05) is 25.9 Å². The van der Waals surface area contributed by atoms with E-state index in [4.69, 9.17) is 34.8 Å². The lowest BCUT2D eigenvalue weighted by Crippen LogP contribution is -2.14. The molecule has 0 aromatic heterocycles. The van der Waals surface area contributed by atoms with Gasteiger partial charge in [-0.3, -0.25) is 4.72 Å². The summed E-state index contributed by atoms with van der Waals surface area (Å²) in [7, 11) is -4.21. The Morgan fingerprint density at radius 2 is 1.57 bits per heavy atom. The fourth-order valence-electron chi connectivity index (χ4n) is 2.27. The Morgan fingerprint density at radius 1 is 0.893 bits per heavy atom. The number of benzene rings is 3. The van der Waals surface area contributed by atoms with E-state index >= 15 is 0 Å². The third-order valence-electron chi connectivity index (χ3n) is 3.46. The fourth-order valence-corrected chi connectivity index (χ4v) is 5.10. The van der Waals surface area contributed by atoms with Crippen molar-refractivity contribution in [3.63, 3.8) is 0 Å². The monoisotopic (exact) mass is 477 g/mol. The predicted molar refractivity (Wildman–Crippen MR) is 111 cm³/mol. The second-order valence-corrected chi connectivity index (χ2v) is 9.65. The molecule has 3 rings (SSSR count). The van der Waals surface area contributed by atoms with Gasteiger partial charge in [-0.05, 0) is 48.5 Å². The van der Waals surface area contributed by atoms with Gasteiger partial charge < -0.3 is 5.11 Å². The topological polar surface area (TPSA) is 66.4 Å². The van der Waals surface area contributed by atoms with Gasteiger partial charge in [0.05, 0.1) is 10.7 Å². The smallest absolute Gasteiger partial charge is 0.264 e. The van der Waals surface area contributed by atoms with Crippen LogP contribution in [0.15, 0.2) is 69.3 Å². The molecular formula is C18H11Cl3FNO3S2. The zero-order chi connectivity index (χ0) is 20.5. The molecule has 0 amide bonds. The average molecular weight is 479 g/mol. The highest BCUT2D eigenvalue weighted by molar-refractivity contribution is 7.99. The van der Waals surface area contributed by atoms with Crippen LogP contribution in [0.2, 0.25) is 15.1 Å². The molecule has 0 saturated carbocycles. The SMILES string of the molecule is O=S(=O)(Nc1ccc(Cl)c(O)c1)c1ccc(Sc2cc(Cl)cc(Cl)c2)cc1F. The zero-order valence-electron chi connectivity index (χ0n) is 13.8. The van der Waals surface area contributed by atoms with Crippen molar-refractivity contribution in [2.45, 2.75) is 14.7 Å². The molecule has 0 bridgehead atoms. The minimum atomic E-state index is -4.21. The maximum atomic E-state index is 14.5. The number of hydrogen-bond acceptors (Lipinski definition) is 4. The molecular weight excluding hydrogens is 468 g/mol. The highest BCUT2D eigenvalue weighted by Crippen LogP contribution is 2.34. The van der Waals surface area contributed by atoms with Gasteiger partial charge in [-0.25, -0.2) is 12.8 Å². The van der Waals surface area contributed by atoms with Crippen molar-refractivity contribution >= 4 is 62.3 Å². The van der Waals surface area contributed by atoms with Crippen LogP contribution >= 0.6 is 46.6 Å². The van der Waals surface area contributed by atoms with Gasteiger partial charge in [-0.2, -0.15) is 0 Å². The van der Waals surface area contributed by atoms with Gasteiger partial charge in [-0.1, -0.05) is 46.6 Å². The summed E-state index contributed by atoms with van der Waals surface area (Å²) in [6.45, 7) is 0. The second-order valence-electron chi connectivity index (χ2n) is 5.57. The van der Waals surface area contributed by atoms with Gasteiger partial charge in [-0.15, -0.1) is 0 Å². The predicted octanol–water partition coefficient (Wildman–Crippen LogP) is 6.44. The molecule has 3 aromatic rings. The maximum absolute atomic E-state index is 14.5. The van der Waals surface area contributed by atoms with Gasteiger partial charge in [0.15, 0.2) is 0 Å². The minimum Gasteiger partial charge on any atom is -0.506 e. The summed E-state index contributed by atoms with van der Waals surface area (Å²) in [5, 5.41) is 10.5. The van der Waals surface area contributed by atoms with Crippen molar-refractivity contribution in [3.8, 4) is 5.75 Å². The molecule has 0 heterocycles. The van der Waals surface area contributed by atoms with E-state index < -0.39 is 20.7 Å². The van der Waals surface area contributed by atoms with Gasteiger partial charge >= 0.3 is 0 Å². The van der Waals surface area contributed by atoms with E-state index in [-0.39, 0.29) is 16.5 Å². The van der Waals surface area contributed by atoms with Crippen LogP contribution in [-0.4, -0.2) is 13.5 Å². The van der Waals surface area contributed by atoms with E-state index in [1.807, 2.05) is 0 Å². The van der Waals surface area contributed by atoms with E-state index in [9.17, 15) is 17.9 Å². The summed E-state index contributed by atoms with van der Waals surface area (Å²) in [6, 6.07) is 12.4. The summed E-state index contributed by atoms with van der Waals surface area (Å²) in [6.07, 6.45) is 0. The number of sulfonamides is 1. The minimum absolute atomic E-state index is 0.0494. The summed E-state index contributed by atoms with van der Waals surface area (Å²) >= 11 is 18.8. The molecule has 28 heavy (non-hydrogen) atoms. The van der Waals surface area contributed by atoms with E-state index in [1.54, 1.807) is 18.2 Å². The van der Waals surface area contributed by atoms with E-state index in [0.29, 0.717) is 19.8 Å². The fraction of sp³-hybridized carbons (Fsp3) is 0. The summed E-state index contributed by atoms with van der Waals surface area (Å²) in [5.41, 5.74) is 0.0494. The molecule has 2 N–H and O–H groups in total. The first-order valence-electron chi connectivity index (χ1n) is 7.59. The number of rotatable bonds is 5. The lowest BCUT2D eigenvalue weighted by atomic mass is 10.3. The third kappa shape index (κ3) is 5.04. The molecule has 4 nitrogen and oxygen atoms in total. The Labute approximate surface area is 180 Å². The number of nitrogens with one attached hydrogen (secondary N) is 1. The summed E-state index contributed by atoms with van der Waals surface area (Å²) < 4.78 is 41.6. The van der Waals surface area contributed by atoms with Crippen molar-refractivity contribution in [1.82, 2.24) is 0 Å². The van der Waals surface area contributed by atoms with Crippen molar-refractivity contribution in [2.24, 2.45) is 0 Å². The third-order valence-corrected chi connectivity index (χ3v) is 6.59. The van der Waals surface area contributed by atoms with Gasteiger partial charge in [0.2, 0.25) is 0 Å². The Balaban J connectivity index is 1.85. The van der Waals surface area contributed by atoms with E-state index in [1.165, 1.54) is 30.0 Å². The molecule has 0 saturated heterocycles. The number of halogens is 4. The van der Waals surface area contributed by atoms with Crippen molar-refractivity contribution in [1.29, 1.82) is 0 Å². The number of phenols is 1. The van der Waals surface area contributed by atoms with Gasteiger partial charge in [0.1, 0.15) is 16.5 Å². The first-order valence-corrected chi connectivity index (χ1v) is 11.0. The maximum Gasteiger partial charge on any atom is 0.264 e. The Bertz CT molecular complexity index is 1140. The molecule has 3 aromatic carbocycles. The van der Waals surface area contributed by atoms with Crippen LogP contribution in [0.5, 0.6) is 5.75 Å². The first kappa shape index (κ1) is 21.1. The Hall–Kier alpha value is -1.64. The van der Waals surface area contributed by atoms with Crippen LogP contribution in [0, 0.1) is 5.82 Å². The number of aromatic hydroxyl groups is 1. The lowest BCUT2D eigenvalue weighted by Gasteiger charge is -2.11. The quantitative estimate of drug-likeness (QED) is 0.442. The van der Waals surface area contributed by atoms with E-state index in [2.05, 4.69) is 4.72 Å². The van der Waals surface area contributed by atoms with Crippen molar-refractivity contribution < 1.29 is 17.9 Å². The average Bonchev–Trinajstić information content (AvgIpc) is 2.57. The Kier molecular flexibility index (Phi) is 6.31. The Morgan fingerprint density at radius 3 is 2.18 bits per heavy atom. The molecule has 0 spiro atoms. The van der Waals surface area contributed by atoms with Gasteiger partial charge in [0.25, 0.3) is 10.0 Å². The van der Waals surface area contributed by atoms with Crippen LogP contribution < -0.4 is 4.72 Å². The summed E-state index contributed by atoms with van der Waals surface area (Å²) in [5.74, 6) is -1.22. The number of hydrogen-bond donors (Lipinski definition) is 2. The second kappa shape index (κ2) is 8.39. The molecule has 0 fully saturated rings. The van der Waals surface area contributed by atoms with Crippen LogP contribution in [0.25, 0.3) is 0 Å². The van der Waals surface area contributed by atoms with Crippen molar-refractivity contribution in [3.05, 3.63) is 75.5 Å². The van der Waals surface area contributed by atoms with Crippen molar-refractivity contribution in [2.75, 3.05) is 4.72 Å². The standard InChI is InChI=1S/C18H11Cl3FNO3S2/c19-10-5-11(20)7-14(6-10)27-13-2-4-18(16(22)9-13)28(25,26)23-12-1-3-15(21)17(24)8-12/h1-9,23-24H. The molecule has 0 unspecified atom stereocenters. The molecule has 0 aliphatic heterocycles. The lowest BCUT2D eigenvalue weighted by molar-refractivity contribution is 0.476. The molecule has 0 atom stereocenters. The molecule has 0 radical (unpaired) electrons. The summed E-state index contributed by atoms with van der Waals surface area (Å²) in [4.78, 5) is 0.622. The zero-order valence-corrected chi connectivity index (χ0v) is 17.7. The largest absolute Gasteiger partial charge is 0.506 e.